The molecule has 0 unspecified atom stereocenters. The fraction of sp³-hybridized carbons (Fsp3) is 0.286. The van der Waals surface area contributed by atoms with Crippen LogP contribution in [0.1, 0.15) is 0 Å². The van der Waals surface area contributed by atoms with Crippen LogP contribution in [0.5, 0.6) is 0 Å². The molecule has 0 fully saturated rings. The number of halogens is 1. The van der Waals surface area contributed by atoms with Gasteiger partial charge in [-0.3, -0.25) is 0 Å². The van der Waals surface area contributed by atoms with Gasteiger partial charge in [-0.15, -0.1) is 0 Å². The lowest BCUT2D eigenvalue weighted by Crippen LogP contribution is -2.23. The van der Waals surface area contributed by atoms with Crippen LogP contribution in [0.3, 0.4) is 0 Å². The Bertz CT molecular complexity index is 561. The van der Waals surface area contributed by atoms with Gasteiger partial charge in [0, 0.05) is 36.9 Å². The lowest BCUT2D eigenvalue weighted by Gasteiger charge is -2.21. The summed E-state index contributed by atoms with van der Waals surface area (Å²) < 4.78 is 1.04. The number of nitrogens with zero attached hydrogens (tertiary/aromatic N) is 4. The zero-order valence-corrected chi connectivity index (χ0v) is 13.1. The highest BCUT2D eigenvalue weighted by Gasteiger charge is 2.09. The smallest absolute Gasteiger partial charge is 0.138 e. The van der Waals surface area contributed by atoms with Crippen LogP contribution in [0.4, 0.5) is 17.3 Å². The molecular weight excluding hydrogens is 320 g/mol. The third-order valence-electron chi connectivity index (χ3n) is 3.02. The van der Waals surface area contributed by atoms with Crippen molar-refractivity contribution in [3.05, 3.63) is 41.1 Å². The largest absolute Gasteiger partial charge is 0.395 e. The Balaban J connectivity index is 2.23. The Morgan fingerprint density at radius 3 is 2.40 bits per heavy atom. The van der Waals surface area contributed by atoms with Crippen LogP contribution in [0.25, 0.3) is 0 Å². The molecule has 20 heavy (non-hydrogen) atoms. The van der Waals surface area contributed by atoms with Gasteiger partial charge in [-0.05, 0) is 24.3 Å². The fourth-order valence-electron chi connectivity index (χ4n) is 1.79. The van der Waals surface area contributed by atoms with Crippen LogP contribution in [0, 0.1) is 0 Å². The molecule has 0 saturated carbocycles. The standard InChI is InChI=1S/C14H17BrN4O/c1-18(7-8-20)13-9-14(17-10-16-13)19(2)12-5-3-11(15)4-6-12/h3-6,9-10,20H,7-8H2,1-2H3. The van der Waals surface area contributed by atoms with Crippen LogP contribution >= 0.6 is 15.9 Å². The van der Waals surface area contributed by atoms with Crippen LogP contribution in [-0.2, 0) is 0 Å². The summed E-state index contributed by atoms with van der Waals surface area (Å²) in [6.45, 7) is 0.636. The summed E-state index contributed by atoms with van der Waals surface area (Å²) >= 11 is 3.42. The summed E-state index contributed by atoms with van der Waals surface area (Å²) in [5.74, 6) is 1.59. The summed E-state index contributed by atoms with van der Waals surface area (Å²) in [6, 6.07) is 9.92. The van der Waals surface area contributed by atoms with E-state index in [0.717, 1.165) is 21.8 Å². The van der Waals surface area contributed by atoms with E-state index in [-0.39, 0.29) is 6.61 Å². The van der Waals surface area contributed by atoms with Crippen LogP contribution in [-0.4, -0.2) is 42.3 Å². The SMILES string of the molecule is CN(CCO)c1cc(N(C)c2ccc(Br)cc2)ncn1. The normalized spacial score (nSPS) is 10.4. The molecule has 0 aliphatic rings. The number of hydrogen-bond donors (Lipinski definition) is 1. The predicted molar refractivity (Wildman–Crippen MR) is 84.6 cm³/mol. The highest BCUT2D eigenvalue weighted by molar-refractivity contribution is 9.10. The molecule has 5 nitrogen and oxygen atoms in total. The molecule has 0 saturated heterocycles. The molecule has 0 aliphatic carbocycles. The second kappa shape index (κ2) is 6.67. The first-order valence-corrected chi connectivity index (χ1v) is 7.04. The molecule has 106 valence electrons. The van der Waals surface area contributed by atoms with E-state index in [1.165, 1.54) is 6.33 Å². The van der Waals surface area contributed by atoms with Gasteiger partial charge in [-0.25, -0.2) is 9.97 Å². The van der Waals surface area contributed by atoms with Crippen molar-refractivity contribution in [2.75, 3.05) is 37.0 Å². The second-order valence-corrected chi connectivity index (χ2v) is 5.33. The van der Waals surface area contributed by atoms with Gasteiger partial charge in [0.25, 0.3) is 0 Å². The maximum Gasteiger partial charge on any atom is 0.138 e. The van der Waals surface area contributed by atoms with Gasteiger partial charge in [-0.1, -0.05) is 15.9 Å². The first-order valence-electron chi connectivity index (χ1n) is 6.25. The molecule has 0 aliphatic heterocycles. The van der Waals surface area contributed by atoms with Crippen LogP contribution < -0.4 is 9.80 Å². The maximum absolute atomic E-state index is 8.98. The zero-order chi connectivity index (χ0) is 14.5. The maximum atomic E-state index is 8.98. The molecule has 0 amide bonds. The van der Waals surface area contributed by atoms with Crippen molar-refractivity contribution >= 4 is 33.3 Å². The second-order valence-electron chi connectivity index (χ2n) is 4.42. The molecule has 1 heterocycles. The minimum absolute atomic E-state index is 0.0956. The Labute approximate surface area is 127 Å². The fourth-order valence-corrected chi connectivity index (χ4v) is 2.06. The lowest BCUT2D eigenvalue weighted by atomic mass is 10.3. The monoisotopic (exact) mass is 336 g/mol. The van der Waals surface area contributed by atoms with Gasteiger partial charge in [0.2, 0.25) is 0 Å². The number of aliphatic hydroxyl groups excluding tert-OH is 1. The van der Waals surface area contributed by atoms with Gasteiger partial charge < -0.3 is 14.9 Å². The van der Waals surface area contributed by atoms with E-state index < -0.39 is 0 Å². The van der Waals surface area contributed by atoms with Crippen molar-refractivity contribution in [2.45, 2.75) is 0 Å². The number of aliphatic hydroxyl groups is 1. The van der Waals surface area contributed by atoms with Crippen molar-refractivity contribution < 1.29 is 5.11 Å². The van der Waals surface area contributed by atoms with Gasteiger partial charge in [0.1, 0.15) is 18.0 Å². The van der Waals surface area contributed by atoms with Crippen molar-refractivity contribution in [1.29, 1.82) is 0 Å². The number of likely N-dealkylation sites (N-methyl/N-ethyl adjacent to an activating group) is 1. The van der Waals surface area contributed by atoms with Gasteiger partial charge >= 0.3 is 0 Å². The molecule has 2 rings (SSSR count). The molecule has 0 radical (unpaired) electrons. The summed E-state index contributed by atoms with van der Waals surface area (Å²) in [7, 11) is 3.85. The zero-order valence-electron chi connectivity index (χ0n) is 11.5. The summed E-state index contributed by atoms with van der Waals surface area (Å²) in [6.07, 6.45) is 1.54. The Kier molecular flexibility index (Phi) is 4.92. The van der Waals surface area contributed by atoms with E-state index in [2.05, 4.69) is 25.9 Å². The molecule has 0 spiro atoms. The van der Waals surface area contributed by atoms with E-state index in [4.69, 9.17) is 5.11 Å². The highest BCUT2D eigenvalue weighted by Crippen LogP contribution is 2.25. The van der Waals surface area contributed by atoms with E-state index in [0.29, 0.717) is 6.54 Å². The third-order valence-corrected chi connectivity index (χ3v) is 3.55. The molecule has 1 N–H and O–H groups in total. The van der Waals surface area contributed by atoms with E-state index in [9.17, 15) is 0 Å². The van der Waals surface area contributed by atoms with Crippen molar-refractivity contribution in [3.8, 4) is 0 Å². The van der Waals surface area contributed by atoms with Gasteiger partial charge in [-0.2, -0.15) is 0 Å². The minimum Gasteiger partial charge on any atom is -0.395 e. The number of hydrogen-bond acceptors (Lipinski definition) is 5. The molecule has 1 aromatic heterocycles. The molecule has 6 heteroatoms. The van der Waals surface area contributed by atoms with Gasteiger partial charge in [0.15, 0.2) is 0 Å². The first-order chi connectivity index (χ1) is 9.61. The lowest BCUT2D eigenvalue weighted by molar-refractivity contribution is 0.304. The molecule has 2 aromatic rings. The van der Waals surface area contributed by atoms with Crippen molar-refractivity contribution in [1.82, 2.24) is 9.97 Å². The van der Waals surface area contributed by atoms with E-state index in [1.54, 1.807) is 0 Å². The molecule has 0 bridgehead atoms. The summed E-state index contributed by atoms with van der Waals surface area (Å²) in [4.78, 5) is 12.4. The first kappa shape index (κ1) is 14.7. The average molecular weight is 337 g/mol. The van der Waals surface area contributed by atoms with E-state index >= 15 is 0 Å². The topological polar surface area (TPSA) is 52.5 Å². The Hall–Kier alpha value is -1.66. The van der Waals surface area contributed by atoms with Crippen molar-refractivity contribution in [2.24, 2.45) is 0 Å². The summed E-state index contributed by atoms with van der Waals surface area (Å²) in [5, 5.41) is 8.98. The number of aromatic nitrogens is 2. The number of rotatable bonds is 5. The predicted octanol–water partition coefficient (Wildman–Crippen LogP) is 2.44. The minimum atomic E-state index is 0.0956. The third kappa shape index (κ3) is 3.46. The van der Waals surface area contributed by atoms with Crippen LogP contribution in [0.2, 0.25) is 0 Å². The average Bonchev–Trinajstić information content (AvgIpc) is 2.48. The van der Waals surface area contributed by atoms with Crippen LogP contribution in [0.15, 0.2) is 41.1 Å². The molecule has 1 aromatic carbocycles. The van der Waals surface area contributed by atoms with E-state index in [1.807, 2.05) is 54.2 Å². The summed E-state index contributed by atoms with van der Waals surface area (Å²) in [5.41, 5.74) is 1.04. The quantitative estimate of drug-likeness (QED) is 0.908. The number of anilines is 3. The van der Waals surface area contributed by atoms with Gasteiger partial charge in [0.05, 0.1) is 6.61 Å². The number of benzene rings is 1. The Morgan fingerprint density at radius 2 is 1.75 bits per heavy atom. The molecule has 0 atom stereocenters. The van der Waals surface area contributed by atoms with Crippen molar-refractivity contribution in [3.63, 3.8) is 0 Å². The molecular formula is C14H17BrN4O. The Morgan fingerprint density at radius 1 is 1.10 bits per heavy atom. The highest BCUT2D eigenvalue weighted by atomic mass is 79.9.